The summed E-state index contributed by atoms with van der Waals surface area (Å²) in [5.74, 6) is 0.917. The SMILES string of the molecule is CC(C)OC(=S)SC1CCSC1=O. The van der Waals surface area contributed by atoms with Crippen molar-refractivity contribution in [3.8, 4) is 0 Å². The Morgan fingerprint density at radius 2 is 2.46 bits per heavy atom. The van der Waals surface area contributed by atoms with Gasteiger partial charge in [-0.1, -0.05) is 23.5 Å². The smallest absolute Gasteiger partial charge is 0.220 e. The molecule has 1 aliphatic rings. The molecule has 1 heterocycles. The molecule has 1 atom stereocenters. The van der Waals surface area contributed by atoms with E-state index in [1.165, 1.54) is 23.5 Å². The Labute approximate surface area is 92.2 Å². The number of carbonyl (C=O) groups is 1. The van der Waals surface area contributed by atoms with Crippen LogP contribution in [0.5, 0.6) is 0 Å². The fourth-order valence-electron chi connectivity index (χ4n) is 0.921. The molecule has 0 spiro atoms. The zero-order chi connectivity index (χ0) is 9.84. The van der Waals surface area contributed by atoms with Crippen molar-refractivity contribution in [2.45, 2.75) is 31.6 Å². The minimum absolute atomic E-state index is 0.0243. The molecule has 0 amide bonds. The van der Waals surface area contributed by atoms with Crippen LogP contribution in [0.25, 0.3) is 0 Å². The molecular weight excluding hydrogens is 224 g/mol. The third kappa shape index (κ3) is 3.87. The van der Waals surface area contributed by atoms with Gasteiger partial charge >= 0.3 is 0 Å². The number of hydrogen-bond acceptors (Lipinski definition) is 5. The van der Waals surface area contributed by atoms with Gasteiger partial charge < -0.3 is 4.74 Å². The highest BCUT2D eigenvalue weighted by Crippen LogP contribution is 2.31. The van der Waals surface area contributed by atoms with Crippen LogP contribution >= 0.6 is 35.7 Å². The summed E-state index contributed by atoms with van der Waals surface area (Å²) in [6, 6.07) is 0. The van der Waals surface area contributed by atoms with Gasteiger partial charge in [-0.25, -0.2) is 0 Å². The van der Waals surface area contributed by atoms with Gasteiger partial charge in [0, 0.05) is 5.75 Å². The van der Waals surface area contributed by atoms with Crippen molar-refractivity contribution in [1.82, 2.24) is 0 Å². The van der Waals surface area contributed by atoms with Gasteiger partial charge in [-0.05, 0) is 32.5 Å². The fourth-order valence-corrected chi connectivity index (χ4v) is 3.63. The summed E-state index contributed by atoms with van der Waals surface area (Å²) in [6.45, 7) is 3.86. The quantitative estimate of drug-likeness (QED) is 0.686. The third-order valence-corrected chi connectivity index (χ3v) is 4.02. The molecule has 0 aromatic carbocycles. The molecule has 0 radical (unpaired) electrons. The van der Waals surface area contributed by atoms with E-state index in [2.05, 4.69) is 0 Å². The van der Waals surface area contributed by atoms with Crippen molar-refractivity contribution in [2.75, 3.05) is 5.75 Å². The van der Waals surface area contributed by atoms with Crippen LogP contribution in [0.4, 0.5) is 0 Å². The standard InChI is InChI=1S/C8H12O2S3/c1-5(2)10-8(11)13-6-3-4-12-7(6)9/h5-6H,3-4H2,1-2H3. The zero-order valence-corrected chi connectivity index (χ0v) is 10.1. The van der Waals surface area contributed by atoms with E-state index in [-0.39, 0.29) is 16.5 Å². The predicted molar refractivity (Wildman–Crippen MR) is 62.3 cm³/mol. The van der Waals surface area contributed by atoms with E-state index in [1.54, 1.807) is 0 Å². The molecule has 1 rings (SSSR count). The normalized spacial score (nSPS) is 22.4. The molecule has 13 heavy (non-hydrogen) atoms. The maximum absolute atomic E-state index is 11.2. The van der Waals surface area contributed by atoms with Crippen molar-refractivity contribution in [1.29, 1.82) is 0 Å². The maximum atomic E-state index is 11.2. The number of rotatable bonds is 2. The second-order valence-corrected chi connectivity index (χ2v) is 5.88. The van der Waals surface area contributed by atoms with Crippen molar-refractivity contribution >= 4 is 45.2 Å². The lowest BCUT2D eigenvalue weighted by molar-refractivity contribution is -0.110. The van der Waals surface area contributed by atoms with Gasteiger partial charge in [0.25, 0.3) is 0 Å². The summed E-state index contributed by atoms with van der Waals surface area (Å²) in [5, 5.41) is 0.260. The van der Waals surface area contributed by atoms with E-state index < -0.39 is 0 Å². The first-order chi connectivity index (χ1) is 6.09. The summed E-state index contributed by atoms with van der Waals surface area (Å²) in [4.78, 5) is 11.2. The Bertz CT molecular complexity index is 215. The van der Waals surface area contributed by atoms with Crippen molar-refractivity contribution in [3.63, 3.8) is 0 Å². The van der Waals surface area contributed by atoms with Crippen LogP contribution in [0.1, 0.15) is 20.3 Å². The summed E-state index contributed by atoms with van der Waals surface area (Å²) >= 11 is 7.77. The van der Waals surface area contributed by atoms with Crippen molar-refractivity contribution in [3.05, 3.63) is 0 Å². The summed E-state index contributed by atoms with van der Waals surface area (Å²) in [7, 11) is 0. The van der Waals surface area contributed by atoms with Gasteiger partial charge in [0.05, 0.1) is 11.4 Å². The topological polar surface area (TPSA) is 26.3 Å². The van der Waals surface area contributed by atoms with Crippen LogP contribution < -0.4 is 0 Å². The van der Waals surface area contributed by atoms with E-state index in [4.69, 9.17) is 17.0 Å². The van der Waals surface area contributed by atoms with Crippen LogP contribution in [0.3, 0.4) is 0 Å². The highest BCUT2D eigenvalue weighted by Gasteiger charge is 2.27. The second kappa shape index (κ2) is 5.22. The van der Waals surface area contributed by atoms with Gasteiger partial charge in [-0.15, -0.1) is 0 Å². The molecule has 0 aliphatic carbocycles. The molecule has 0 bridgehead atoms. The van der Waals surface area contributed by atoms with E-state index in [0.717, 1.165) is 12.2 Å². The predicted octanol–water partition coefficient (Wildman–Crippen LogP) is 2.46. The Balaban J connectivity index is 2.31. The Morgan fingerprint density at radius 1 is 1.77 bits per heavy atom. The zero-order valence-electron chi connectivity index (χ0n) is 7.61. The van der Waals surface area contributed by atoms with Gasteiger partial charge in [-0.3, -0.25) is 4.79 Å². The van der Waals surface area contributed by atoms with Crippen molar-refractivity contribution < 1.29 is 9.53 Å². The second-order valence-electron chi connectivity index (χ2n) is 2.98. The molecule has 0 saturated carbocycles. The van der Waals surface area contributed by atoms with Crippen LogP contribution in [0.15, 0.2) is 0 Å². The van der Waals surface area contributed by atoms with E-state index in [1.807, 2.05) is 13.8 Å². The average molecular weight is 236 g/mol. The number of ether oxygens (including phenoxy) is 1. The van der Waals surface area contributed by atoms with Crippen molar-refractivity contribution in [2.24, 2.45) is 0 Å². The largest absolute Gasteiger partial charge is 0.476 e. The Hall–Kier alpha value is 0.260. The van der Waals surface area contributed by atoms with Crippen LogP contribution in [0.2, 0.25) is 0 Å². The van der Waals surface area contributed by atoms with Gasteiger partial charge in [-0.2, -0.15) is 0 Å². The molecule has 1 aliphatic heterocycles. The van der Waals surface area contributed by atoms with Crippen LogP contribution in [-0.4, -0.2) is 26.6 Å². The molecular formula is C8H12O2S3. The number of thiocarbonyl (C=S) groups is 1. The average Bonchev–Trinajstić information content (AvgIpc) is 2.34. The van der Waals surface area contributed by atoms with Crippen LogP contribution in [0, 0.1) is 0 Å². The molecule has 1 unspecified atom stereocenters. The molecule has 2 nitrogen and oxygen atoms in total. The van der Waals surface area contributed by atoms with Gasteiger partial charge in [0.15, 0.2) is 0 Å². The highest BCUT2D eigenvalue weighted by atomic mass is 32.2. The lowest BCUT2D eigenvalue weighted by atomic mass is 10.4. The summed E-state index contributed by atoms with van der Waals surface area (Å²) in [5.41, 5.74) is 0. The number of thioether (sulfide) groups is 2. The number of carbonyl (C=O) groups excluding carboxylic acids is 1. The van der Waals surface area contributed by atoms with Crippen LogP contribution in [-0.2, 0) is 9.53 Å². The third-order valence-electron chi connectivity index (χ3n) is 1.46. The lowest BCUT2D eigenvalue weighted by Gasteiger charge is -2.11. The van der Waals surface area contributed by atoms with E-state index in [9.17, 15) is 4.79 Å². The first-order valence-corrected chi connectivity index (χ1v) is 6.41. The monoisotopic (exact) mass is 236 g/mol. The molecule has 1 saturated heterocycles. The lowest BCUT2D eigenvalue weighted by Crippen LogP contribution is -2.13. The molecule has 0 N–H and O–H groups in total. The molecule has 1 fully saturated rings. The molecule has 0 aromatic heterocycles. The molecule has 0 aromatic rings. The van der Waals surface area contributed by atoms with Gasteiger partial charge in [0.2, 0.25) is 9.50 Å². The fraction of sp³-hybridized carbons (Fsp3) is 0.750. The minimum Gasteiger partial charge on any atom is -0.476 e. The molecule has 74 valence electrons. The Kier molecular flexibility index (Phi) is 4.55. The summed E-state index contributed by atoms with van der Waals surface area (Å²) < 4.78 is 5.79. The van der Waals surface area contributed by atoms with E-state index in [0.29, 0.717) is 4.38 Å². The first-order valence-electron chi connectivity index (χ1n) is 4.13. The highest BCUT2D eigenvalue weighted by molar-refractivity contribution is 8.25. The van der Waals surface area contributed by atoms with Gasteiger partial charge in [0.1, 0.15) is 0 Å². The summed E-state index contributed by atoms with van der Waals surface area (Å²) in [6.07, 6.45) is 1.01. The number of hydrogen-bond donors (Lipinski definition) is 0. The van der Waals surface area contributed by atoms with E-state index >= 15 is 0 Å². The minimum atomic E-state index is 0.0243. The first kappa shape index (κ1) is 11.3. The maximum Gasteiger partial charge on any atom is 0.220 e. The molecule has 5 heteroatoms. The Morgan fingerprint density at radius 3 is 2.92 bits per heavy atom.